The Hall–Kier alpha value is -3.15. The van der Waals surface area contributed by atoms with E-state index in [-0.39, 0.29) is 78.1 Å². The normalized spacial score (nSPS) is 13.4. The number of nitrogens with one attached hydrogen (secondary N) is 1. The van der Waals surface area contributed by atoms with E-state index in [1.54, 1.807) is 11.1 Å². The maximum absolute atomic E-state index is 12.1. The van der Waals surface area contributed by atoms with E-state index in [0.717, 1.165) is 33.6 Å². The zero-order valence-corrected chi connectivity index (χ0v) is 27.8. The van der Waals surface area contributed by atoms with Crippen LogP contribution >= 0.6 is 0 Å². The molecule has 1 aliphatic heterocycles. The Bertz CT molecular complexity index is 1610. The average molecular weight is 578 g/mol. The van der Waals surface area contributed by atoms with Gasteiger partial charge in [-0.2, -0.15) is 5.10 Å². The van der Waals surface area contributed by atoms with Crippen LogP contribution in [0.1, 0.15) is 24.0 Å². The second-order valence-corrected chi connectivity index (χ2v) is 9.17. The van der Waals surface area contributed by atoms with Gasteiger partial charge in [-0.3, -0.25) is 4.79 Å². The Morgan fingerprint density at radius 3 is 2.66 bits per heavy atom. The number of pyridine rings is 1. The summed E-state index contributed by atoms with van der Waals surface area (Å²) in [5.74, 6) is 2.39. The van der Waals surface area contributed by atoms with Gasteiger partial charge in [-0.15, -0.1) is 6.08 Å². The van der Waals surface area contributed by atoms with Crippen molar-refractivity contribution in [1.29, 1.82) is 0 Å². The van der Waals surface area contributed by atoms with Gasteiger partial charge in [0.25, 0.3) is 0 Å². The number of likely N-dealkylation sites (tertiary alicyclic amines) is 1. The standard InChI is InChI=1S/C29H30N7O2.2CH3.K/c1-5-7-27(37)35-17-21(18-35)24-11-14-36-28(24)29(31-19-32-36)33-22-8-9-25(20(3)15-22)38-23-10-13-34(4)26(16-23)30-12-6-2;;;/h5-16,19,21H,1,17-18H2,2-4H3,(H,31,32,33);2*1H3;/q3*-1;+1/b7-5+,12-6-,30-26?;;;. The molecule has 0 spiro atoms. The summed E-state index contributed by atoms with van der Waals surface area (Å²) in [7, 11) is 1.94. The number of benzene rings is 1. The van der Waals surface area contributed by atoms with Crippen molar-refractivity contribution in [3.63, 3.8) is 0 Å². The summed E-state index contributed by atoms with van der Waals surface area (Å²) in [5, 5.41) is 7.82. The number of hydrogen-bond acceptors (Lipinski definition) is 6. The Kier molecular flexibility index (Phi) is 12.6. The molecule has 0 bridgehead atoms. The topological polar surface area (TPSA) is 89.0 Å². The van der Waals surface area contributed by atoms with Gasteiger partial charge in [0.05, 0.1) is 0 Å². The molecule has 10 heteroatoms. The Labute approximate surface area is 285 Å². The zero-order chi connectivity index (χ0) is 26.6. The van der Waals surface area contributed by atoms with E-state index in [9.17, 15) is 4.79 Å². The SMILES string of the molecule is [CH2-]/C=C/C(=O)N1CC(c2ccn3ncnc(Nc4ccc(Oc5ccn(C)c(=N/C=C\C)c5)c(C)c4)c23)C1.[CH3-].[CH3-].[K+]. The first kappa shape index (κ1) is 34.0. The van der Waals surface area contributed by atoms with Gasteiger partial charge in [0.1, 0.15) is 28.8 Å². The molecule has 4 heterocycles. The van der Waals surface area contributed by atoms with Gasteiger partial charge in [-0.05, 0) is 55.3 Å². The number of carbonyl (C=O) groups excluding carboxylic acids is 1. The molecule has 0 aliphatic carbocycles. The third-order valence-electron chi connectivity index (χ3n) is 6.49. The van der Waals surface area contributed by atoms with Gasteiger partial charge in [0, 0.05) is 56.4 Å². The van der Waals surface area contributed by atoms with Crippen molar-refractivity contribution < 1.29 is 60.9 Å². The first-order valence-corrected chi connectivity index (χ1v) is 12.4. The second kappa shape index (κ2) is 15.2. The molecular weight excluding hydrogens is 541 g/mol. The molecular formula is C31H36KN7O2-2. The molecule has 1 N–H and O–H groups in total. The van der Waals surface area contributed by atoms with E-state index in [4.69, 9.17) is 4.74 Å². The van der Waals surface area contributed by atoms with Gasteiger partial charge < -0.3 is 34.4 Å². The number of hydrogen-bond donors (Lipinski definition) is 1. The molecule has 0 unspecified atom stereocenters. The van der Waals surface area contributed by atoms with E-state index in [1.807, 2.05) is 78.8 Å². The minimum absolute atomic E-state index is 0. The molecule has 1 aliphatic rings. The van der Waals surface area contributed by atoms with E-state index >= 15 is 0 Å². The molecule has 1 aromatic carbocycles. The van der Waals surface area contributed by atoms with Crippen molar-refractivity contribution in [2.45, 2.75) is 19.8 Å². The minimum atomic E-state index is -0.0139. The largest absolute Gasteiger partial charge is 1.00 e. The van der Waals surface area contributed by atoms with E-state index in [1.165, 1.54) is 18.5 Å². The number of rotatable bonds is 7. The summed E-state index contributed by atoms with van der Waals surface area (Å²) >= 11 is 0. The third-order valence-corrected chi connectivity index (χ3v) is 6.49. The Morgan fingerprint density at radius 1 is 1.17 bits per heavy atom. The van der Waals surface area contributed by atoms with Crippen LogP contribution in [-0.2, 0) is 11.8 Å². The van der Waals surface area contributed by atoms with Crippen molar-refractivity contribution in [2.75, 3.05) is 18.4 Å². The van der Waals surface area contributed by atoms with Crippen molar-refractivity contribution in [3.8, 4) is 11.5 Å². The quantitative estimate of drug-likeness (QED) is 0.207. The second-order valence-electron chi connectivity index (χ2n) is 9.17. The van der Waals surface area contributed by atoms with Crippen LogP contribution < -0.4 is 66.9 Å². The molecule has 1 fully saturated rings. The Balaban J connectivity index is 0.00000196. The molecule has 1 amide bonds. The molecule has 0 atom stereocenters. The first-order chi connectivity index (χ1) is 18.5. The van der Waals surface area contributed by atoms with Crippen LogP contribution in [0, 0.1) is 28.7 Å². The number of anilines is 2. The predicted molar refractivity (Wildman–Crippen MR) is 160 cm³/mol. The van der Waals surface area contributed by atoms with E-state index < -0.39 is 0 Å². The maximum Gasteiger partial charge on any atom is 1.00 e. The summed E-state index contributed by atoms with van der Waals surface area (Å²) in [4.78, 5) is 22.9. The van der Waals surface area contributed by atoms with E-state index in [0.29, 0.717) is 24.7 Å². The maximum atomic E-state index is 12.1. The van der Waals surface area contributed by atoms with Gasteiger partial charge in [-0.1, -0.05) is 6.08 Å². The number of allylic oxidation sites excluding steroid dienone is 2. The summed E-state index contributed by atoms with van der Waals surface area (Å²) < 4.78 is 9.93. The number of nitrogens with zero attached hydrogens (tertiary/aromatic N) is 6. The number of aryl methyl sites for hydroxylation is 2. The summed E-state index contributed by atoms with van der Waals surface area (Å²) in [5.41, 5.74) is 4.68. The predicted octanol–water partition coefficient (Wildman–Crippen LogP) is 2.57. The fourth-order valence-corrected chi connectivity index (χ4v) is 4.45. The van der Waals surface area contributed by atoms with Gasteiger partial charge >= 0.3 is 51.4 Å². The monoisotopic (exact) mass is 577 g/mol. The van der Waals surface area contributed by atoms with Crippen LogP contribution in [0.5, 0.6) is 11.5 Å². The van der Waals surface area contributed by atoms with Crippen LogP contribution in [0.4, 0.5) is 11.5 Å². The van der Waals surface area contributed by atoms with Crippen LogP contribution in [0.2, 0.25) is 0 Å². The summed E-state index contributed by atoms with van der Waals surface area (Å²) in [6.45, 7) is 8.86. The third kappa shape index (κ3) is 7.58. The average Bonchev–Trinajstić information content (AvgIpc) is 3.30. The molecule has 3 aromatic heterocycles. The van der Waals surface area contributed by atoms with Gasteiger partial charge in [0.2, 0.25) is 0 Å². The number of carbonyl (C=O) groups is 1. The van der Waals surface area contributed by atoms with Gasteiger partial charge in [-0.25, -0.2) is 27.5 Å². The van der Waals surface area contributed by atoms with E-state index in [2.05, 4.69) is 33.4 Å². The van der Waals surface area contributed by atoms with Crippen LogP contribution in [0.15, 0.2) is 84.5 Å². The number of ether oxygens (including phenoxy) is 1. The van der Waals surface area contributed by atoms with Crippen molar-refractivity contribution in [1.82, 2.24) is 24.1 Å². The molecule has 9 nitrogen and oxygen atoms in total. The molecule has 210 valence electrons. The minimum Gasteiger partial charge on any atom is -0.457 e. The Morgan fingerprint density at radius 2 is 1.95 bits per heavy atom. The molecule has 0 saturated carbocycles. The van der Waals surface area contributed by atoms with Crippen molar-refractivity contribution in [2.24, 2.45) is 12.0 Å². The summed E-state index contributed by atoms with van der Waals surface area (Å²) in [6, 6.07) is 11.8. The first-order valence-electron chi connectivity index (χ1n) is 12.4. The fourth-order valence-electron chi connectivity index (χ4n) is 4.45. The molecule has 0 radical (unpaired) electrons. The van der Waals surface area contributed by atoms with Gasteiger partial charge in [0.15, 0.2) is 11.7 Å². The molecule has 5 rings (SSSR count). The fraction of sp³-hybridized carbons (Fsp3) is 0.194. The molecule has 4 aromatic rings. The van der Waals surface area contributed by atoms with Crippen LogP contribution in [-0.4, -0.2) is 43.1 Å². The van der Waals surface area contributed by atoms with Crippen LogP contribution in [0.3, 0.4) is 0 Å². The number of aromatic nitrogens is 4. The smallest absolute Gasteiger partial charge is 0.457 e. The molecule has 1 saturated heterocycles. The number of fused-ring (bicyclic) bond motifs is 1. The molecule has 41 heavy (non-hydrogen) atoms. The number of amides is 1. The van der Waals surface area contributed by atoms with Crippen LogP contribution in [0.25, 0.3) is 5.52 Å². The van der Waals surface area contributed by atoms with Crippen molar-refractivity contribution in [3.05, 3.63) is 118 Å². The van der Waals surface area contributed by atoms with Crippen molar-refractivity contribution >= 4 is 22.9 Å². The summed E-state index contributed by atoms with van der Waals surface area (Å²) in [6.07, 6.45) is 12.0. The zero-order valence-electron chi connectivity index (χ0n) is 24.7.